The number of aryl methyl sites for hydroxylation is 1. The van der Waals surface area contributed by atoms with Gasteiger partial charge >= 0.3 is 10.1 Å². The Morgan fingerprint density at radius 2 is 1.69 bits per heavy atom. The maximum absolute atomic E-state index is 13.4. The number of benzene rings is 3. The van der Waals surface area contributed by atoms with Crippen LogP contribution in [0.25, 0.3) is 11.1 Å². The van der Waals surface area contributed by atoms with E-state index in [4.69, 9.17) is 4.18 Å². The first-order valence-corrected chi connectivity index (χ1v) is 12.1. The summed E-state index contributed by atoms with van der Waals surface area (Å²) >= 11 is 0. The first kappa shape index (κ1) is 19.5. The predicted molar refractivity (Wildman–Crippen MR) is 122 cm³/mol. The molecular formula is C25H22N2O4S. The molecule has 0 bridgehead atoms. The third-order valence-electron chi connectivity index (χ3n) is 6.75. The molecule has 1 aliphatic carbocycles. The molecule has 2 fully saturated rings. The number of hydrogen-bond donors (Lipinski definition) is 1. The van der Waals surface area contributed by atoms with E-state index in [0.717, 1.165) is 30.8 Å². The summed E-state index contributed by atoms with van der Waals surface area (Å²) in [7, 11) is -4.12. The fourth-order valence-corrected chi connectivity index (χ4v) is 5.87. The Morgan fingerprint density at radius 1 is 0.938 bits per heavy atom. The van der Waals surface area contributed by atoms with Gasteiger partial charge < -0.3 is 14.4 Å². The SMILES string of the molecule is Cc1ccc(S(=O)(=O)Oc2c(N3C[C@H]4CN[C@@H]4C3)ccc3c2C(=O)c2ccccc2-3)cc1. The van der Waals surface area contributed by atoms with E-state index >= 15 is 0 Å². The van der Waals surface area contributed by atoms with Crippen LogP contribution < -0.4 is 14.4 Å². The number of carbonyl (C=O) groups excluding carboxylic acids is 1. The van der Waals surface area contributed by atoms with Crippen molar-refractivity contribution < 1.29 is 17.4 Å². The lowest BCUT2D eigenvalue weighted by molar-refractivity contribution is 0.104. The Morgan fingerprint density at radius 3 is 2.34 bits per heavy atom. The number of rotatable bonds is 4. The summed E-state index contributed by atoms with van der Waals surface area (Å²) in [5.74, 6) is 0.454. The van der Waals surface area contributed by atoms with Crippen molar-refractivity contribution in [2.45, 2.75) is 17.9 Å². The summed E-state index contributed by atoms with van der Waals surface area (Å²) in [4.78, 5) is 15.6. The normalized spacial score (nSPS) is 21.0. The van der Waals surface area contributed by atoms with Gasteiger partial charge in [-0.05, 0) is 36.2 Å². The first-order chi connectivity index (χ1) is 15.4. The standard InChI is InChI=1S/C25H22N2O4S/c1-15-6-8-17(9-7-15)32(29,30)31-25-22(27-13-16-12-26-21(16)14-27)11-10-19-18-4-2-3-5-20(18)24(28)23(19)25/h2-11,16,21,26H,12-14H2,1H3/t16-,21-/m1/s1. The topological polar surface area (TPSA) is 75.7 Å². The van der Waals surface area contributed by atoms with E-state index < -0.39 is 10.1 Å². The van der Waals surface area contributed by atoms with Crippen LogP contribution in [0, 0.1) is 12.8 Å². The number of nitrogens with zero attached hydrogens (tertiary/aromatic N) is 1. The van der Waals surface area contributed by atoms with E-state index in [1.165, 1.54) is 12.1 Å². The van der Waals surface area contributed by atoms with Crippen molar-refractivity contribution in [1.82, 2.24) is 5.32 Å². The van der Waals surface area contributed by atoms with Gasteiger partial charge in [0.15, 0.2) is 11.5 Å². The summed E-state index contributed by atoms with van der Waals surface area (Å²) in [6.07, 6.45) is 0. The van der Waals surface area contributed by atoms with Crippen LogP contribution in [-0.2, 0) is 10.1 Å². The molecule has 162 valence electrons. The van der Waals surface area contributed by atoms with Crippen molar-refractivity contribution in [2.75, 3.05) is 24.5 Å². The highest BCUT2D eigenvalue weighted by Crippen LogP contribution is 2.47. The van der Waals surface area contributed by atoms with Crippen molar-refractivity contribution in [3.05, 3.63) is 77.4 Å². The second-order valence-electron chi connectivity index (χ2n) is 8.74. The zero-order chi connectivity index (χ0) is 22.0. The van der Waals surface area contributed by atoms with Crippen LogP contribution >= 0.6 is 0 Å². The second-order valence-corrected chi connectivity index (χ2v) is 10.3. The molecule has 0 spiro atoms. The third kappa shape index (κ3) is 2.88. The highest BCUT2D eigenvalue weighted by molar-refractivity contribution is 7.87. The quantitative estimate of drug-likeness (QED) is 0.485. The molecule has 0 radical (unpaired) electrons. The zero-order valence-electron chi connectivity index (χ0n) is 17.5. The molecule has 3 aromatic rings. The van der Waals surface area contributed by atoms with Crippen molar-refractivity contribution in [1.29, 1.82) is 0 Å². The maximum Gasteiger partial charge on any atom is 0.339 e. The van der Waals surface area contributed by atoms with Crippen molar-refractivity contribution in [3.8, 4) is 16.9 Å². The molecule has 3 aromatic carbocycles. The van der Waals surface area contributed by atoms with E-state index in [1.807, 2.05) is 37.3 Å². The third-order valence-corrected chi connectivity index (χ3v) is 7.99. The van der Waals surface area contributed by atoms with Crippen molar-refractivity contribution in [2.24, 2.45) is 5.92 Å². The molecule has 0 amide bonds. The van der Waals surface area contributed by atoms with Gasteiger partial charge in [0.25, 0.3) is 0 Å². The lowest BCUT2D eigenvalue weighted by atomic mass is 9.96. The smallest absolute Gasteiger partial charge is 0.339 e. The van der Waals surface area contributed by atoms with Gasteiger partial charge in [-0.3, -0.25) is 4.79 Å². The van der Waals surface area contributed by atoms with Crippen LogP contribution in [0.5, 0.6) is 5.75 Å². The molecule has 7 heteroatoms. The molecule has 0 unspecified atom stereocenters. The van der Waals surface area contributed by atoms with E-state index in [-0.39, 0.29) is 16.4 Å². The molecule has 3 aliphatic rings. The Labute approximate surface area is 187 Å². The molecular weight excluding hydrogens is 424 g/mol. The summed E-state index contributed by atoms with van der Waals surface area (Å²) in [6, 6.07) is 18.1. The monoisotopic (exact) mass is 446 g/mol. The average molecular weight is 447 g/mol. The summed E-state index contributed by atoms with van der Waals surface area (Å²) in [6.45, 7) is 4.41. The number of carbonyl (C=O) groups is 1. The fraction of sp³-hybridized carbons (Fsp3) is 0.240. The van der Waals surface area contributed by atoms with Gasteiger partial charge in [-0.2, -0.15) is 8.42 Å². The molecule has 2 heterocycles. The van der Waals surface area contributed by atoms with Crippen LogP contribution in [-0.4, -0.2) is 39.9 Å². The molecule has 2 saturated heterocycles. The first-order valence-electron chi connectivity index (χ1n) is 10.7. The van der Waals surface area contributed by atoms with Crippen LogP contribution in [0.2, 0.25) is 0 Å². The predicted octanol–water partition coefficient (Wildman–Crippen LogP) is 3.38. The minimum Gasteiger partial charge on any atom is -0.376 e. The summed E-state index contributed by atoms with van der Waals surface area (Å²) in [5, 5.41) is 3.41. The Balaban J connectivity index is 1.50. The van der Waals surface area contributed by atoms with Crippen LogP contribution in [0.1, 0.15) is 21.5 Å². The van der Waals surface area contributed by atoms with Gasteiger partial charge in [0.2, 0.25) is 0 Å². The molecule has 6 rings (SSSR count). The van der Waals surface area contributed by atoms with Crippen LogP contribution in [0.4, 0.5) is 5.69 Å². The van der Waals surface area contributed by atoms with E-state index in [2.05, 4.69) is 10.2 Å². The van der Waals surface area contributed by atoms with Gasteiger partial charge in [0, 0.05) is 37.2 Å². The second kappa shape index (κ2) is 6.92. The van der Waals surface area contributed by atoms with Gasteiger partial charge in [-0.15, -0.1) is 0 Å². The lowest BCUT2D eigenvalue weighted by Crippen LogP contribution is -2.51. The number of ketones is 1. The molecule has 2 aliphatic heterocycles. The van der Waals surface area contributed by atoms with Crippen molar-refractivity contribution >= 4 is 21.6 Å². The van der Waals surface area contributed by atoms with Gasteiger partial charge in [0.05, 0.1) is 11.3 Å². The number of nitrogens with one attached hydrogen (secondary N) is 1. The highest BCUT2D eigenvalue weighted by atomic mass is 32.2. The molecule has 2 atom stereocenters. The van der Waals surface area contributed by atoms with E-state index in [9.17, 15) is 13.2 Å². The van der Waals surface area contributed by atoms with E-state index in [1.54, 1.807) is 18.2 Å². The largest absolute Gasteiger partial charge is 0.376 e. The molecule has 1 N–H and O–H groups in total. The minimum absolute atomic E-state index is 0.0674. The molecule has 0 saturated carbocycles. The van der Waals surface area contributed by atoms with Crippen LogP contribution in [0.15, 0.2) is 65.6 Å². The van der Waals surface area contributed by atoms with Gasteiger partial charge in [-0.25, -0.2) is 0 Å². The zero-order valence-corrected chi connectivity index (χ0v) is 18.4. The summed E-state index contributed by atoms with van der Waals surface area (Å²) in [5.41, 5.74) is 4.02. The lowest BCUT2D eigenvalue weighted by Gasteiger charge is -2.29. The number of anilines is 1. The molecule has 6 nitrogen and oxygen atoms in total. The minimum atomic E-state index is -4.12. The molecule has 32 heavy (non-hydrogen) atoms. The number of fused-ring (bicyclic) bond motifs is 4. The van der Waals surface area contributed by atoms with Crippen molar-refractivity contribution in [3.63, 3.8) is 0 Å². The average Bonchev–Trinajstić information content (AvgIpc) is 3.23. The van der Waals surface area contributed by atoms with Gasteiger partial charge in [0.1, 0.15) is 4.90 Å². The maximum atomic E-state index is 13.4. The Kier molecular flexibility index (Phi) is 4.22. The van der Waals surface area contributed by atoms with E-state index in [0.29, 0.717) is 34.3 Å². The fourth-order valence-electron chi connectivity index (χ4n) is 4.92. The number of hydrogen-bond acceptors (Lipinski definition) is 6. The Hall–Kier alpha value is -3.16. The molecule has 0 aromatic heterocycles. The highest BCUT2D eigenvalue weighted by Gasteiger charge is 2.42. The summed E-state index contributed by atoms with van der Waals surface area (Å²) < 4.78 is 32.3. The van der Waals surface area contributed by atoms with Crippen LogP contribution in [0.3, 0.4) is 0 Å². The Bertz CT molecular complexity index is 1350. The van der Waals surface area contributed by atoms with Gasteiger partial charge in [-0.1, -0.05) is 48.0 Å².